The number of anilines is 1. The SMILES string of the molecule is N#Cc1c(N)nc([S-])c(C#N)c1-c1cccc(Cl)c1. The molecule has 1 heterocycles. The van der Waals surface area contributed by atoms with Gasteiger partial charge in [-0.05, 0) is 17.7 Å². The lowest BCUT2D eigenvalue weighted by Crippen LogP contribution is -2.03. The number of aromatic nitrogens is 1. The van der Waals surface area contributed by atoms with Crippen molar-refractivity contribution < 1.29 is 0 Å². The van der Waals surface area contributed by atoms with Crippen LogP contribution >= 0.6 is 11.6 Å². The third-order valence-corrected chi connectivity index (χ3v) is 3.06. The fraction of sp³-hybridized carbons (Fsp3) is 0. The molecule has 0 spiro atoms. The predicted octanol–water partition coefficient (Wildman–Crippen LogP) is 2.63. The molecule has 0 aliphatic carbocycles. The molecule has 0 atom stereocenters. The third-order valence-electron chi connectivity index (χ3n) is 2.53. The van der Waals surface area contributed by atoms with Gasteiger partial charge in [-0.3, -0.25) is 4.98 Å². The van der Waals surface area contributed by atoms with Crippen LogP contribution in [0.5, 0.6) is 0 Å². The van der Waals surface area contributed by atoms with Crippen molar-refractivity contribution >= 4 is 30.0 Å². The summed E-state index contributed by atoms with van der Waals surface area (Å²) < 4.78 is 0. The van der Waals surface area contributed by atoms with E-state index >= 15 is 0 Å². The van der Waals surface area contributed by atoms with Crippen molar-refractivity contribution in [2.75, 3.05) is 5.73 Å². The van der Waals surface area contributed by atoms with Crippen LogP contribution in [0.3, 0.4) is 0 Å². The highest BCUT2D eigenvalue weighted by Crippen LogP contribution is 2.32. The topological polar surface area (TPSA) is 86.5 Å². The maximum absolute atomic E-state index is 9.20. The molecule has 2 N–H and O–H groups in total. The normalized spacial score (nSPS) is 9.63. The van der Waals surface area contributed by atoms with Gasteiger partial charge < -0.3 is 18.4 Å². The molecule has 0 aliphatic heterocycles. The summed E-state index contributed by atoms with van der Waals surface area (Å²) in [7, 11) is 0. The van der Waals surface area contributed by atoms with Gasteiger partial charge in [-0.15, -0.1) is 0 Å². The zero-order valence-corrected chi connectivity index (χ0v) is 11.1. The third kappa shape index (κ3) is 2.30. The lowest BCUT2D eigenvalue weighted by atomic mass is 9.97. The minimum atomic E-state index is 0.0153. The van der Waals surface area contributed by atoms with Crippen LogP contribution in [0.4, 0.5) is 5.82 Å². The van der Waals surface area contributed by atoms with Crippen molar-refractivity contribution in [3.05, 3.63) is 40.4 Å². The molecule has 0 radical (unpaired) electrons. The quantitative estimate of drug-likeness (QED) is 0.814. The second kappa shape index (κ2) is 5.11. The molecule has 92 valence electrons. The van der Waals surface area contributed by atoms with E-state index in [1.54, 1.807) is 24.3 Å². The molecule has 2 rings (SSSR count). The highest BCUT2D eigenvalue weighted by atomic mass is 35.5. The summed E-state index contributed by atoms with van der Waals surface area (Å²) in [6.07, 6.45) is 0. The molecule has 6 heteroatoms. The molecule has 0 fully saturated rings. The summed E-state index contributed by atoms with van der Waals surface area (Å²) >= 11 is 10.9. The summed E-state index contributed by atoms with van der Waals surface area (Å²) in [6.45, 7) is 0. The first-order valence-corrected chi connectivity index (χ1v) is 5.93. The van der Waals surface area contributed by atoms with E-state index in [9.17, 15) is 10.5 Å². The molecule has 0 amide bonds. The zero-order valence-electron chi connectivity index (χ0n) is 9.51. The molecule has 0 aliphatic rings. The second-order valence-electron chi connectivity index (χ2n) is 3.66. The standard InChI is InChI=1S/C13H7ClN4S/c14-8-3-1-2-7(4-8)11-9(5-15)12(17)18-13(19)10(11)6-16/h1-4H,(H3,17,18,19)/p-1. The first kappa shape index (κ1) is 13.1. The number of rotatable bonds is 1. The van der Waals surface area contributed by atoms with Crippen molar-refractivity contribution in [2.24, 2.45) is 0 Å². The Labute approximate surface area is 120 Å². The molecular formula is C13H6ClN4S-. The van der Waals surface area contributed by atoms with E-state index in [0.717, 1.165) is 0 Å². The average Bonchev–Trinajstić information content (AvgIpc) is 2.38. The lowest BCUT2D eigenvalue weighted by molar-refractivity contribution is 1.12. The molecule has 1 aromatic heterocycles. The van der Waals surface area contributed by atoms with Crippen molar-refractivity contribution in [3.8, 4) is 23.3 Å². The van der Waals surface area contributed by atoms with Gasteiger partial charge in [0.2, 0.25) is 0 Å². The van der Waals surface area contributed by atoms with E-state index in [2.05, 4.69) is 4.98 Å². The van der Waals surface area contributed by atoms with Crippen LogP contribution in [0, 0.1) is 22.7 Å². The van der Waals surface area contributed by atoms with Crippen LogP contribution in [0.15, 0.2) is 29.3 Å². The van der Waals surface area contributed by atoms with Gasteiger partial charge in [0.05, 0.1) is 11.6 Å². The number of nitrogens with zero attached hydrogens (tertiary/aromatic N) is 3. The molecule has 0 saturated carbocycles. The zero-order chi connectivity index (χ0) is 14.0. The molecule has 4 nitrogen and oxygen atoms in total. The van der Waals surface area contributed by atoms with E-state index in [0.29, 0.717) is 16.1 Å². The Morgan fingerprint density at radius 2 is 1.89 bits per heavy atom. The van der Waals surface area contributed by atoms with E-state index in [4.69, 9.17) is 30.0 Å². The average molecular weight is 286 g/mol. The number of halogens is 1. The van der Waals surface area contributed by atoms with Crippen LogP contribution in [0.2, 0.25) is 5.02 Å². The van der Waals surface area contributed by atoms with Gasteiger partial charge >= 0.3 is 0 Å². The van der Waals surface area contributed by atoms with Gasteiger partial charge in [0.25, 0.3) is 0 Å². The lowest BCUT2D eigenvalue weighted by Gasteiger charge is -2.15. The number of hydrogen-bond donors (Lipinski definition) is 1. The summed E-state index contributed by atoms with van der Waals surface area (Å²) in [5.41, 5.74) is 6.97. The predicted molar refractivity (Wildman–Crippen MR) is 74.2 cm³/mol. The van der Waals surface area contributed by atoms with E-state index in [1.165, 1.54) is 0 Å². The summed E-state index contributed by atoms with van der Waals surface area (Å²) in [4.78, 5) is 3.84. The Balaban J connectivity index is 2.89. The summed E-state index contributed by atoms with van der Waals surface area (Å²) in [5.74, 6) is 0.0153. The fourth-order valence-electron chi connectivity index (χ4n) is 1.73. The number of hydrogen-bond acceptors (Lipinski definition) is 5. The molecule has 0 saturated heterocycles. The number of nitriles is 2. The molecule has 19 heavy (non-hydrogen) atoms. The number of pyridine rings is 1. The van der Waals surface area contributed by atoms with Crippen molar-refractivity contribution in [1.82, 2.24) is 4.98 Å². The van der Waals surface area contributed by atoms with Crippen LogP contribution in [0.1, 0.15) is 11.1 Å². The summed E-state index contributed by atoms with van der Waals surface area (Å²) in [6, 6.07) is 10.7. The Morgan fingerprint density at radius 1 is 1.21 bits per heavy atom. The van der Waals surface area contributed by atoms with Crippen LogP contribution in [-0.4, -0.2) is 4.98 Å². The van der Waals surface area contributed by atoms with Crippen LogP contribution in [-0.2, 0) is 12.6 Å². The van der Waals surface area contributed by atoms with Gasteiger partial charge in [0.15, 0.2) is 0 Å². The van der Waals surface area contributed by atoms with Gasteiger partial charge in [-0.1, -0.05) is 28.8 Å². The highest BCUT2D eigenvalue weighted by molar-refractivity contribution is 7.58. The Morgan fingerprint density at radius 3 is 2.47 bits per heavy atom. The first-order valence-electron chi connectivity index (χ1n) is 5.15. The first-order chi connectivity index (χ1) is 9.08. The fourth-order valence-corrected chi connectivity index (χ4v) is 2.17. The van der Waals surface area contributed by atoms with Gasteiger partial charge in [-0.2, -0.15) is 10.5 Å². The van der Waals surface area contributed by atoms with Crippen molar-refractivity contribution in [2.45, 2.75) is 5.03 Å². The van der Waals surface area contributed by atoms with E-state index in [-0.39, 0.29) is 22.0 Å². The van der Waals surface area contributed by atoms with E-state index in [1.807, 2.05) is 12.1 Å². The monoisotopic (exact) mass is 285 g/mol. The Kier molecular flexibility index (Phi) is 3.52. The maximum atomic E-state index is 9.20. The highest BCUT2D eigenvalue weighted by Gasteiger charge is 2.15. The smallest absolute Gasteiger partial charge is 0.140 e. The molecule has 0 unspecified atom stereocenters. The van der Waals surface area contributed by atoms with Crippen LogP contribution < -0.4 is 5.73 Å². The van der Waals surface area contributed by atoms with Crippen molar-refractivity contribution in [3.63, 3.8) is 0 Å². The molecular weight excluding hydrogens is 280 g/mol. The maximum Gasteiger partial charge on any atom is 0.140 e. The van der Waals surface area contributed by atoms with E-state index < -0.39 is 0 Å². The minimum absolute atomic E-state index is 0.0153. The molecule has 1 aromatic carbocycles. The number of nitrogens with two attached hydrogens (primary N) is 1. The molecule has 2 aromatic rings. The Bertz CT molecular complexity index is 705. The van der Waals surface area contributed by atoms with Crippen molar-refractivity contribution in [1.29, 1.82) is 10.5 Å². The molecule has 0 bridgehead atoms. The number of benzene rings is 1. The minimum Gasteiger partial charge on any atom is -0.759 e. The summed E-state index contributed by atoms with van der Waals surface area (Å²) in [5, 5.41) is 19.0. The Hall–Kier alpha value is -2.34. The largest absolute Gasteiger partial charge is 0.759 e. The van der Waals surface area contributed by atoms with Gasteiger partial charge in [0.1, 0.15) is 17.5 Å². The van der Waals surface area contributed by atoms with Crippen LogP contribution in [0.25, 0.3) is 11.1 Å². The number of nitrogen functional groups attached to an aromatic ring is 1. The van der Waals surface area contributed by atoms with Gasteiger partial charge in [-0.25, -0.2) is 0 Å². The second-order valence-corrected chi connectivity index (χ2v) is 4.48. The van der Waals surface area contributed by atoms with Gasteiger partial charge in [0, 0.05) is 10.6 Å².